The van der Waals surface area contributed by atoms with Crippen molar-refractivity contribution in [2.24, 2.45) is 5.73 Å². The van der Waals surface area contributed by atoms with Crippen LogP contribution in [0, 0.1) is 0 Å². The first kappa shape index (κ1) is 20.7. The number of carbonyl (C=O) groups excluding carboxylic acids is 2. The lowest BCUT2D eigenvalue weighted by atomic mass is 9.99. The molecule has 29 heavy (non-hydrogen) atoms. The largest absolute Gasteiger partial charge is 0.375 e. The minimum atomic E-state index is -0.510. The Hall–Kier alpha value is -3.04. The maximum Gasteiger partial charge on any atom is 0.248 e. The Bertz CT molecular complexity index is 902. The fourth-order valence-electron chi connectivity index (χ4n) is 3.16. The van der Waals surface area contributed by atoms with Crippen molar-refractivity contribution in [3.63, 3.8) is 0 Å². The molecule has 0 saturated carbocycles. The SMILES string of the molecule is COCC(=O)N1CCOC(c2nc(N(C)C)ncc2-c2cccc(C(N)=O)c2)C1. The summed E-state index contributed by atoms with van der Waals surface area (Å²) in [6, 6.07) is 6.98. The maximum absolute atomic E-state index is 12.3. The van der Waals surface area contributed by atoms with E-state index in [0.717, 1.165) is 11.1 Å². The first-order chi connectivity index (χ1) is 13.9. The van der Waals surface area contributed by atoms with Crippen LogP contribution in [-0.2, 0) is 14.3 Å². The van der Waals surface area contributed by atoms with Crippen LogP contribution in [0.5, 0.6) is 0 Å². The molecular formula is C20H25N5O4. The Labute approximate surface area is 169 Å². The van der Waals surface area contributed by atoms with E-state index in [2.05, 4.69) is 4.98 Å². The smallest absolute Gasteiger partial charge is 0.248 e. The standard InChI is InChI=1S/C20H25N5O4/c1-24(2)20-22-10-15(13-5-4-6-14(9-13)19(21)27)18(23-20)16-11-25(7-8-29-16)17(26)12-28-3/h4-6,9-10,16H,7-8,11-12H2,1-3H3,(H2,21,27). The third-order valence-corrected chi connectivity index (χ3v) is 4.66. The van der Waals surface area contributed by atoms with Crippen molar-refractivity contribution in [1.29, 1.82) is 0 Å². The average Bonchev–Trinajstić information content (AvgIpc) is 2.73. The monoisotopic (exact) mass is 399 g/mol. The van der Waals surface area contributed by atoms with Gasteiger partial charge in [0.1, 0.15) is 12.7 Å². The van der Waals surface area contributed by atoms with Gasteiger partial charge in [-0.25, -0.2) is 9.97 Å². The normalized spacial score (nSPS) is 16.5. The van der Waals surface area contributed by atoms with Crippen LogP contribution in [0.15, 0.2) is 30.5 Å². The van der Waals surface area contributed by atoms with Crippen LogP contribution in [0.1, 0.15) is 22.2 Å². The number of benzene rings is 1. The summed E-state index contributed by atoms with van der Waals surface area (Å²) in [5.41, 5.74) is 7.96. The number of methoxy groups -OCH3 is 1. The summed E-state index contributed by atoms with van der Waals surface area (Å²) in [7, 11) is 5.19. The van der Waals surface area contributed by atoms with Gasteiger partial charge in [-0.2, -0.15) is 0 Å². The van der Waals surface area contributed by atoms with E-state index in [-0.39, 0.29) is 12.5 Å². The van der Waals surface area contributed by atoms with Gasteiger partial charge in [-0.15, -0.1) is 0 Å². The van der Waals surface area contributed by atoms with Crippen molar-refractivity contribution < 1.29 is 19.1 Å². The van der Waals surface area contributed by atoms with Gasteiger partial charge >= 0.3 is 0 Å². The third-order valence-electron chi connectivity index (χ3n) is 4.66. The molecule has 2 N–H and O–H groups in total. The Morgan fingerprint density at radius 3 is 2.86 bits per heavy atom. The predicted molar refractivity (Wildman–Crippen MR) is 107 cm³/mol. The van der Waals surface area contributed by atoms with Crippen molar-refractivity contribution in [2.45, 2.75) is 6.10 Å². The summed E-state index contributed by atoms with van der Waals surface area (Å²) in [6.45, 7) is 1.26. The molecule has 1 saturated heterocycles. The summed E-state index contributed by atoms with van der Waals surface area (Å²) in [5.74, 6) is -0.0804. The van der Waals surface area contributed by atoms with Gasteiger partial charge in [0.2, 0.25) is 17.8 Å². The highest BCUT2D eigenvalue weighted by atomic mass is 16.5. The molecule has 2 heterocycles. The van der Waals surface area contributed by atoms with E-state index in [4.69, 9.17) is 20.2 Å². The molecule has 2 aromatic rings. The molecular weight excluding hydrogens is 374 g/mol. The summed E-state index contributed by atoms with van der Waals surface area (Å²) in [6.07, 6.45) is 1.27. The van der Waals surface area contributed by atoms with Crippen LogP contribution in [0.2, 0.25) is 0 Å². The van der Waals surface area contributed by atoms with Crippen LogP contribution in [0.3, 0.4) is 0 Å². The summed E-state index contributed by atoms with van der Waals surface area (Å²) in [5, 5.41) is 0. The second-order valence-corrected chi connectivity index (χ2v) is 6.94. The Morgan fingerprint density at radius 1 is 1.38 bits per heavy atom. The number of hydrogen-bond donors (Lipinski definition) is 1. The molecule has 1 aromatic heterocycles. The summed E-state index contributed by atoms with van der Waals surface area (Å²) >= 11 is 0. The van der Waals surface area contributed by atoms with E-state index in [1.165, 1.54) is 7.11 Å². The lowest BCUT2D eigenvalue weighted by molar-refractivity contribution is -0.143. The van der Waals surface area contributed by atoms with Crippen molar-refractivity contribution >= 4 is 17.8 Å². The van der Waals surface area contributed by atoms with Gasteiger partial charge in [-0.3, -0.25) is 9.59 Å². The van der Waals surface area contributed by atoms with E-state index in [1.807, 2.05) is 20.2 Å². The first-order valence-corrected chi connectivity index (χ1v) is 9.23. The highest BCUT2D eigenvalue weighted by Crippen LogP contribution is 2.32. The van der Waals surface area contributed by atoms with E-state index in [1.54, 1.807) is 34.2 Å². The fraction of sp³-hybridized carbons (Fsp3) is 0.400. The van der Waals surface area contributed by atoms with Crippen molar-refractivity contribution in [2.75, 3.05) is 52.4 Å². The lowest BCUT2D eigenvalue weighted by Crippen LogP contribution is -2.44. The highest BCUT2D eigenvalue weighted by molar-refractivity contribution is 5.94. The molecule has 1 aromatic carbocycles. The Morgan fingerprint density at radius 2 is 2.17 bits per heavy atom. The van der Waals surface area contributed by atoms with Gasteiger partial charge in [0.05, 0.1) is 18.8 Å². The summed E-state index contributed by atoms with van der Waals surface area (Å²) < 4.78 is 10.9. The zero-order chi connectivity index (χ0) is 21.0. The van der Waals surface area contributed by atoms with Crippen LogP contribution in [0.25, 0.3) is 11.1 Å². The number of rotatable bonds is 6. The summed E-state index contributed by atoms with van der Waals surface area (Å²) in [4.78, 5) is 36.5. The lowest BCUT2D eigenvalue weighted by Gasteiger charge is -2.33. The topological polar surface area (TPSA) is 111 Å². The van der Waals surface area contributed by atoms with Gasteiger partial charge in [0.15, 0.2) is 0 Å². The quantitative estimate of drug-likeness (QED) is 0.767. The number of carbonyl (C=O) groups is 2. The second kappa shape index (κ2) is 8.97. The number of aromatic nitrogens is 2. The van der Waals surface area contributed by atoms with Gasteiger partial charge in [-0.1, -0.05) is 12.1 Å². The van der Waals surface area contributed by atoms with Crippen LogP contribution < -0.4 is 10.6 Å². The molecule has 154 valence electrons. The predicted octanol–water partition coefficient (Wildman–Crippen LogP) is 0.855. The molecule has 1 fully saturated rings. The molecule has 0 bridgehead atoms. The fourth-order valence-corrected chi connectivity index (χ4v) is 3.16. The molecule has 2 amide bonds. The second-order valence-electron chi connectivity index (χ2n) is 6.94. The molecule has 3 rings (SSSR count). The van der Waals surface area contributed by atoms with Crippen LogP contribution >= 0.6 is 0 Å². The molecule has 9 nitrogen and oxygen atoms in total. The van der Waals surface area contributed by atoms with Gasteiger partial charge in [0, 0.05) is 45.1 Å². The third kappa shape index (κ3) is 4.69. The molecule has 1 atom stereocenters. The van der Waals surface area contributed by atoms with Crippen LogP contribution in [-0.4, -0.2) is 74.2 Å². The van der Waals surface area contributed by atoms with E-state index in [9.17, 15) is 9.59 Å². The van der Waals surface area contributed by atoms with Crippen molar-refractivity contribution in [3.8, 4) is 11.1 Å². The number of amides is 2. The number of nitrogens with zero attached hydrogens (tertiary/aromatic N) is 4. The zero-order valence-corrected chi connectivity index (χ0v) is 16.8. The minimum absolute atomic E-state index is 0.0208. The minimum Gasteiger partial charge on any atom is -0.375 e. The number of primary amides is 1. The maximum atomic E-state index is 12.3. The molecule has 0 spiro atoms. The highest BCUT2D eigenvalue weighted by Gasteiger charge is 2.29. The molecule has 0 radical (unpaired) electrons. The number of hydrogen-bond acceptors (Lipinski definition) is 7. The van der Waals surface area contributed by atoms with Gasteiger partial charge < -0.3 is 25.0 Å². The van der Waals surface area contributed by atoms with E-state index < -0.39 is 12.0 Å². The van der Waals surface area contributed by atoms with Crippen molar-refractivity contribution in [1.82, 2.24) is 14.9 Å². The first-order valence-electron chi connectivity index (χ1n) is 9.23. The van der Waals surface area contributed by atoms with Gasteiger partial charge in [0.25, 0.3) is 0 Å². The number of ether oxygens (including phenoxy) is 2. The Balaban J connectivity index is 2.02. The molecule has 9 heteroatoms. The van der Waals surface area contributed by atoms with E-state index in [0.29, 0.717) is 36.9 Å². The molecule has 0 aliphatic carbocycles. The van der Waals surface area contributed by atoms with E-state index >= 15 is 0 Å². The average molecular weight is 399 g/mol. The molecule has 1 aliphatic heterocycles. The number of morpholine rings is 1. The zero-order valence-electron chi connectivity index (χ0n) is 16.8. The Kier molecular flexibility index (Phi) is 6.40. The van der Waals surface area contributed by atoms with Crippen molar-refractivity contribution in [3.05, 3.63) is 41.7 Å². The molecule has 1 unspecified atom stereocenters. The number of anilines is 1. The van der Waals surface area contributed by atoms with Crippen LogP contribution in [0.4, 0.5) is 5.95 Å². The molecule has 1 aliphatic rings. The number of nitrogens with two attached hydrogens (primary N) is 1. The van der Waals surface area contributed by atoms with Gasteiger partial charge in [-0.05, 0) is 17.7 Å².